The van der Waals surface area contributed by atoms with Crippen molar-refractivity contribution < 1.29 is 0 Å². The fraction of sp³-hybridized carbons (Fsp3) is 0.467. The van der Waals surface area contributed by atoms with Gasteiger partial charge >= 0.3 is 0 Å². The van der Waals surface area contributed by atoms with Crippen LogP contribution < -0.4 is 5.32 Å². The molecule has 4 heterocycles. The highest BCUT2D eigenvalue weighted by Gasteiger charge is 2.33. The van der Waals surface area contributed by atoms with Gasteiger partial charge in [-0.05, 0) is 43.5 Å². The van der Waals surface area contributed by atoms with E-state index in [0.29, 0.717) is 6.04 Å². The minimum atomic E-state index is 0.603. The zero-order chi connectivity index (χ0) is 13.4. The zero-order valence-electron chi connectivity index (χ0n) is 11.4. The van der Waals surface area contributed by atoms with Crippen LogP contribution >= 0.6 is 0 Å². The van der Waals surface area contributed by atoms with E-state index in [2.05, 4.69) is 26.4 Å². The Balaban J connectivity index is 1.46. The smallest absolute Gasteiger partial charge is 0.153 e. The molecule has 0 saturated carbocycles. The molecule has 0 aliphatic carbocycles. The molecule has 5 nitrogen and oxygen atoms in total. The number of aromatic nitrogens is 3. The molecule has 2 saturated heterocycles. The standard InChI is InChI=1S/C15H19N5/c1-6-17-20(7-1)15-3-2-13(10-16-15)18-14-5-9-19-8-4-12(14)11-19/h1-3,6-7,10,12,14,18H,4-5,8-9,11H2. The van der Waals surface area contributed by atoms with Crippen molar-refractivity contribution in [3.63, 3.8) is 0 Å². The van der Waals surface area contributed by atoms with E-state index < -0.39 is 0 Å². The molecule has 2 aromatic rings. The fourth-order valence-corrected chi connectivity index (χ4v) is 3.37. The molecule has 20 heavy (non-hydrogen) atoms. The molecule has 3 atom stereocenters. The molecule has 104 valence electrons. The molecule has 2 aliphatic heterocycles. The lowest BCUT2D eigenvalue weighted by atomic mass is 9.94. The van der Waals surface area contributed by atoms with Crippen molar-refractivity contribution in [2.24, 2.45) is 5.92 Å². The maximum atomic E-state index is 4.48. The molecule has 4 rings (SSSR count). The van der Waals surface area contributed by atoms with Gasteiger partial charge in [0.25, 0.3) is 0 Å². The number of hydrogen-bond donors (Lipinski definition) is 1. The Bertz CT molecular complexity index is 562. The van der Waals surface area contributed by atoms with Crippen LogP contribution in [0.5, 0.6) is 0 Å². The van der Waals surface area contributed by atoms with E-state index in [0.717, 1.165) is 17.4 Å². The van der Waals surface area contributed by atoms with Gasteiger partial charge in [-0.25, -0.2) is 9.67 Å². The Morgan fingerprint density at radius 3 is 2.95 bits per heavy atom. The monoisotopic (exact) mass is 269 g/mol. The molecule has 2 aromatic heterocycles. The summed E-state index contributed by atoms with van der Waals surface area (Å²) in [5.74, 6) is 1.66. The lowest BCUT2D eigenvalue weighted by molar-refractivity contribution is 0.255. The summed E-state index contributed by atoms with van der Waals surface area (Å²) in [5, 5.41) is 7.85. The second-order valence-corrected chi connectivity index (χ2v) is 5.74. The highest BCUT2D eigenvalue weighted by molar-refractivity contribution is 5.44. The zero-order valence-corrected chi connectivity index (χ0v) is 11.4. The number of pyridine rings is 1. The van der Waals surface area contributed by atoms with Crippen molar-refractivity contribution >= 4 is 5.69 Å². The number of rotatable bonds is 3. The van der Waals surface area contributed by atoms with Gasteiger partial charge in [0.15, 0.2) is 5.82 Å². The van der Waals surface area contributed by atoms with Crippen LogP contribution in [0.4, 0.5) is 5.69 Å². The van der Waals surface area contributed by atoms with Gasteiger partial charge in [0.1, 0.15) is 0 Å². The van der Waals surface area contributed by atoms with Gasteiger partial charge in [-0.2, -0.15) is 5.10 Å². The average Bonchev–Trinajstić information content (AvgIpc) is 3.14. The molecule has 0 spiro atoms. The summed E-state index contributed by atoms with van der Waals surface area (Å²) in [6.45, 7) is 3.77. The summed E-state index contributed by atoms with van der Waals surface area (Å²) in [5.41, 5.74) is 1.12. The van der Waals surface area contributed by atoms with Crippen LogP contribution in [0.25, 0.3) is 5.82 Å². The first-order valence-electron chi connectivity index (χ1n) is 7.33. The van der Waals surface area contributed by atoms with Crippen LogP contribution in [0, 0.1) is 5.92 Å². The molecule has 1 N–H and O–H groups in total. The SMILES string of the molecule is c1cnn(-c2ccc(NC3CCN4CCC3C4)cn2)c1. The highest BCUT2D eigenvalue weighted by Crippen LogP contribution is 2.29. The Hall–Kier alpha value is -1.88. The summed E-state index contributed by atoms with van der Waals surface area (Å²) in [6, 6.07) is 6.62. The first kappa shape index (κ1) is 11.9. The number of nitrogens with one attached hydrogen (secondary N) is 1. The number of fused-ring (bicyclic) bond motifs is 2. The van der Waals surface area contributed by atoms with Crippen molar-refractivity contribution in [1.82, 2.24) is 19.7 Å². The number of piperidine rings is 1. The molecule has 0 aromatic carbocycles. The first-order chi connectivity index (χ1) is 9.88. The van der Waals surface area contributed by atoms with Crippen LogP contribution in [-0.2, 0) is 0 Å². The maximum absolute atomic E-state index is 4.48. The van der Waals surface area contributed by atoms with Crippen molar-refractivity contribution in [3.05, 3.63) is 36.8 Å². The van der Waals surface area contributed by atoms with Crippen molar-refractivity contribution in [2.45, 2.75) is 18.9 Å². The minimum Gasteiger partial charge on any atom is -0.381 e. The molecular weight excluding hydrogens is 250 g/mol. The predicted octanol–water partition coefficient (Wildman–Crippen LogP) is 1.77. The third-order valence-electron chi connectivity index (χ3n) is 4.47. The molecule has 2 fully saturated rings. The van der Waals surface area contributed by atoms with Crippen molar-refractivity contribution in [1.29, 1.82) is 0 Å². The molecule has 3 unspecified atom stereocenters. The summed E-state index contributed by atoms with van der Waals surface area (Å²) in [6.07, 6.45) is 8.16. The predicted molar refractivity (Wildman–Crippen MR) is 77.9 cm³/mol. The number of hydrogen-bond acceptors (Lipinski definition) is 4. The molecule has 2 bridgehead atoms. The van der Waals surface area contributed by atoms with Crippen molar-refractivity contribution in [3.8, 4) is 5.82 Å². The van der Waals surface area contributed by atoms with E-state index >= 15 is 0 Å². The lowest BCUT2D eigenvalue weighted by Gasteiger charge is -2.31. The van der Waals surface area contributed by atoms with Crippen molar-refractivity contribution in [2.75, 3.05) is 25.0 Å². The normalized spacial score (nSPS) is 28.5. The fourth-order valence-electron chi connectivity index (χ4n) is 3.37. The molecule has 0 radical (unpaired) electrons. The van der Waals surface area contributed by atoms with E-state index in [-0.39, 0.29) is 0 Å². The summed E-state index contributed by atoms with van der Waals surface area (Å²) >= 11 is 0. The largest absolute Gasteiger partial charge is 0.381 e. The molecular formula is C15H19N5. The van der Waals surface area contributed by atoms with Crippen LogP contribution in [0.2, 0.25) is 0 Å². The molecule has 0 amide bonds. The Morgan fingerprint density at radius 2 is 2.15 bits per heavy atom. The van der Waals surface area contributed by atoms with Crippen LogP contribution in [0.15, 0.2) is 36.8 Å². The van der Waals surface area contributed by atoms with Crippen LogP contribution in [-0.4, -0.2) is 45.3 Å². The molecule has 5 heteroatoms. The second-order valence-electron chi connectivity index (χ2n) is 5.74. The second kappa shape index (κ2) is 4.90. The van der Waals surface area contributed by atoms with E-state index in [4.69, 9.17) is 0 Å². The lowest BCUT2D eigenvalue weighted by Crippen LogP contribution is -2.39. The minimum absolute atomic E-state index is 0.603. The van der Waals surface area contributed by atoms with Gasteiger partial charge in [-0.1, -0.05) is 0 Å². The summed E-state index contributed by atoms with van der Waals surface area (Å²) in [7, 11) is 0. The van der Waals surface area contributed by atoms with Gasteiger partial charge in [0, 0.05) is 31.5 Å². The Morgan fingerprint density at radius 1 is 1.20 bits per heavy atom. The van der Waals surface area contributed by atoms with Gasteiger partial charge in [0.05, 0.1) is 11.9 Å². The van der Waals surface area contributed by atoms with Gasteiger partial charge in [-0.15, -0.1) is 0 Å². The van der Waals surface area contributed by atoms with E-state index in [1.165, 1.54) is 32.5 Å². The Kier molecular flexibility index (Phi) is 2.92. The number of nitrogens with zero attached hydrogens (tertiary/aromatic N) is 4. The summed E-state index contributed by atoms with van der Waals surface area (Å²) in [4.78, 5) is 7.05. The van der Waals surface area contributed by atoms with E-state index in [1.807, 2.05) is 24.5 Å². The molecule has 2 aliphatic rings. The quantitative estimate of drug-likeness (QED) is 0.922. The van der Waals surface area contributed by atoms with Crippen LogP contribution in [0.3, 0.4) is 0 Å². The van der Waals surface area contributed by atoms with E-state index in [1.54, 1.807) is 10.9 Å². The summed E-state index contributed by atoms with van der Waals surface area (Å²) < 4.78 is 1.78. The van der Waals surface area contributed by atoms with Gasteiger partial charge in [0.2, 0.25) is 0 Å². The number of anilines is 1. The van der Waals surface area contributed by atoms with Gasteiger partial charge in [-0.3, -0.25) is 0 Å². The first-order valence-corrected chi connectivity index (χ1v) is 7.33. The van der Waals surface area contributed by atoms with Gasteiger partial charge < -0.3 is 10.2 Å². The average molecular weight is 269 g/mol. The van der Waals surface area contributed by atoms with E-state index in [9.17, 15) is 0 Å². The highest BCUT2D eigenvalue weighted by atomic mass is 15.3. The van der Waals surface area contributed by atoms with Crippen LogP contribution in [0.1, 0.15) is 12.8 Å². The maximum Gasteiger partial charge on any atom is 0.153 e. The topological polar surface area (TPSA) is 46.0 Å². The third kappa shape index (κ3) is 2.18. The Labute approximate surface area is 118 Å². The third-order valence-corrected chi connectivity index (χ3v) is 4.47.